The molecule has 22 heavy (non-hydrogen) atoms. The second kappa shape index (κ2) is 5.73. The van der Waals surface area contributed by atoms with Crippen LogP contribution in [0.1, 0.15) is 27.0 Å². The average Bonchev–Trinajstić information content (AvgIpc) is 2.54. The predicted molar refractivity (Wildman–Crippen MR) is 85.8 cm³/mol. The van der Waals surface area contributed by atoms with Crippen molar-refractivity contribution in [2.45, 2.75) is 11.8 Å². The van der Waals surface area contributed by atoms with Gasteiger partial charge in [0.1, 0.15) is 11.5 Å². The Morgan fingerprint density at radius 3 is 2.77 bits per heavy atom. The molecule has 6 heteroatoms. The van der Waals surface area contributed by atoms with Crippen molar-refractivity contribution in [1.82, 2.24) is 4.83 Å². The Morgan fingerprint density at radius 2 is 2.05 bits per heavy atom. The number of aromatic carboxylic acids is 1. The van der Waals surface area contributed by atoms with Gasteiger partial charge in [-0.05, 0) is 25.1 Å². The molecule has 0 radical (unpaired) electrons. The number of rotatable bonds is 3. The zero-order chi connectivity index (χ0) is 15.7. The van der Waals surface area contributed by atoms with Gasteiger partial charge < -0.3 is 9.84 Å². The van der Waals surface area contributed by atoms with Crippen LogP contribution in [0.25, 0.3) is 0 Å². The normalized spacial score (nSPS) is 12.9. The quantitative estimate of drug-likeness (QED) is 0.852. The van der Waals surface area contributed by atoms with Crippen molar-refractivity contribution >= 4 is 23.6 Å². The number of ether oxygens (including phenoxy) is 1. The van der Waals surface area contributed by atoms with E-state index in [4.69, 9.17) is 4.74 Å². The van der Waals surface area contributed by atoms with Gasteiger partial charge in [-0.3, -0.25) is 0 Å². The third-order valence-electron chi connectivity index (χ3n) is 3.56. The van der Waals surface area contributed by atoms with E-state index >= 15 is 0 Å². The molecule has 0 unspecified atom stereocenters. The molecule has 1 aliphatic heterocycles. The van der Waals surface area contributed by atoms with E-state index in [2.05, 4.69) is 9.93 Å². The first-order chi connectivity index (χ1) is 10.6. The molecule has 0 spiro atoms. The van der Waals surface area contributed by atoms with Gasteiger partial charge in [-0.25, -0.2) is 9.63 Å². The molecule has 3 rings (SSSR count). The number of carboxylic acids is 1. The largest absolute Gasteiger partial charge is 0.496 e. The van der Waals surface area contributed by atoms with Gasteiger partial charge in [-0.1, -0.05) is 18.2 Å². The molecule has 0 saturated carbocycles. The van der Waals surface area contributed by atoms with Crippen molar-refractivity contribution in [2.24, 2.45) is 5.10 Å². The van der Waals surface area contributed by atoms with Gasteiger partial charge in [0.05, 0.1) is 12.7 Å². The Labute approximate surface area is 132 Å². The number of nitrogens with one attached hydrogen (secondary N) is 1. The Kier molecular flexibility index (Phi) is 3.77. The van der Waals surface area contributed by atoms with E-state index in [0.29, 0.717) is 17.0 Å². The summed E-state index contributed by atoms with van der Waals surface area (Å²) in [7, 11) is 1.57. The highest BCUT2D eigenvalue weighted by Crippen LogP contribution is 2.32. The second-order valence-corrected chi connectivity index (χ2v) is 5.60. The highest BCUT2D eigenvalue weighted by molar-refractivity contribution is 7.97. The number of carbonyl (C=O) groups is 1. The summed E-state index contributed by atoms with van der Waals surface area (Å²) in [5.74, 6) is -0.349. The molecule has 0 bridgehead atoms. The van der Waals surface area contributed by atoms with Crippen LogP contribution in [0, 0.1) is 6.92 Å². The molecule has 5 nitrogen and oxygen atoms in total. The molecule has 0 saturated heterocycles. The number of fused-ring (bicyclic) bond motifs is 1. The van der Waals surface area contributed by atoms with Crippen LogP contribution < -0.4 is 9.57 Å². The summed E-state index contributed by atoms with van der Waals surface area (Å²) in [5, 5.41) is 13.8. The molecule has 2 aromatic carbocycles. The molecular weight excluding hydrogens is 300 g/mol. The molecule has 1 aliphatic rings. The second-order valence-electron chi connectivity index (χ2n) is 4.77. The molecule has 112 valence electrons. The smallest absolute Gasteiger partial charge is 0.336 e. The lowest BCUT2D eigenvalue weighted by Gasteiger charge is -2.20. The van der Waals surface area contributed by atoms with Gasteiger partial charge >= 0.3 is 5.97 Å². The van der Waals surface area contributed by atoms with E-state index < -0.39 is 5.97 Å². The minimum atomic E-state index is -0.987. The molecule has 0 fully saturated rings. The lowest BCUT2D eigenvalue weighted by Crippen LogP contribution is -2.19. The van der Waals surface area contributed by atoms with Crippen molar-refractivity contribution < 1.29 is 14.6 Å². The summed E-state index contributed by atoms with van der Waals surface area (Å²) in [6.07, 6.45) is 0. The van der Waals surface area contributed by atoms with E-state index in [-0.39, 0.29) is 5.56 Å². The summed E-state index contributed by atoms with van der Waals surface area (Å²) in [6.45, 7) is 1.84. The maximum Gasteiger partial charge on any atom is 0.336 e. The highest BCUT2D eigenvalue weighted by atomic mass is 32.2. The first-order valence-electron chi connectivity index (χ1n) is 6.63. The number of nitrogens with zero attached hydrogens (tertiary/aromatic N) is 1. The fourth-order valence-electron chi connectivity index (χ4n) is 2.52. The summed E-state index contributed by atoms with van der Waals surface area (Å²) < 4.78 is 5.33. The van der Waals surface area contributed by atoms with Crippen LogP contribution in [0.2, 0.25) is 0 Å². The molecule has 2 aromatic rings. The van der Waals surface area contributed by atoms with Gasteiger partial charge in [0, 0.05) is 33.5 Å². The number of methoxy groups -OCH3 is 1. The minimum Gasteiger partial charge on any atom is -0.496 e. The van der Waals surface area contributed by atoms with Crippen LogP contribution in [0.5, 0.6) is 5.75 Å². The Morgan fingerprint density at radius 1 is 1.27 bits per heavy atom. The minimum absolute atomic E-state index is 0.209. The third-order valence-corrected chi connectivity index (χ3v) is 4.32. The van der Waals surface area contributed by atoms with Gasteiger partial charge in [-0.2, -0.15) is 5.10 Å². The number of benzene rings is 2. The fraction of sp³-hybridized carbons (Fsp3) is 0.125. The van der Waals surface area contributed by atoms with Crippen LogP contribution in [-0.4, -0.2) is 23.9 Å². The van der Waals surface area contributed by atoms with Crippen molar-refractivity contribution in [1.29, 1.82) is 0 Å². The number of carboxylic acid groups (broad SMARTS) is 1. The van der Waals surface area contributed by atoms with Gasteiger partial charge in [0.15, 0.2) is 0 Å². The van der Waals surface area contributed by atoms with Gasteiger partial charge in [-0.15, -0.1) is 0 Å². The van der Waals surface area contributed by atoms with Crippen LogP contribution in [0.3, 0.4) is 0 Å². The van der Waals surface area contributed by atoms with Crippen molar-refractivity contribution in [2.75, 3.05) is 7.11 Å². The van der Waals surface area contributed by atoms with E-state index in [1.807, 2.05) is 31.2 Å². The maximum absolute atomic E-state index is 11.6. The van der Waals surface area contributed by atoms with Crippen LogP contribution in [-0.2, 0) is 0 Å². The summed E-state index contributed by atoms with van der Waals surface area (Å²) >= 11 is 1.40. The highest BCUT2D eigenvalue weighted by Gasteiger charge is 2.24. The zero-order valence-corrected chi connectivity index (χ0v) is 12.9. The molecule has 0 amide bonds. The number of hydrogen-bond donors (Lipinski definition) is 2. The molecule has 0 atom stereocenters. The van der Waals surface area contributed by atoms with Gasteiger partial charge in [0.25, 0.3) is 0 Å². The predicted octanol–water partition coefficient (Wildman–Crippen LogP) is 3.06. The summed E-state index contributed by atoms with van der Waals surface area (Å²) in [4.78, 5) is 15.5. The Hall–Kier alpha value is -2.47. The van der Waals surface area contributed by atoms with Crippen molar-refractivity contribution in [3.05, 3.63) is 58.7 Å². The first-order valence-corrected chi connectivity index (χ1v) is 7.45. The lowest BCUT2D eigenvalue weighted by atomic mass is 9.92. The maximum atomic E-state index is 11.6. The van der Waals surface area contributed by atoms with Gasteiger partial charge in [0.2, 0.25) is 0 Å². The first kappa shape index (κ1) is 14.5. The van der Waals surface area contributed by atoms with Crippen LogP contribution in [0.15, 0.2) is 46.4 Å². The molecule has 0 aromatic heterocycles. The number of hydrogen-bond acceptors (Lipinski definition) is 5. The third kappa shape index (κ3) is 2.31. The average molecular weight is 314 g/mol. The molecule has 2 N–H and O–H groups in total. The zero-order valence-electron chi connectivity index (χ0n) is 12.1. The fourth-order valence-corrected chi connectivity index (χ4v) is 3.17. The van der Waals surface area contributed by atoms with Crippen molar-refractivity contribution in [3.8, 4) is 5.75 Å². The standard InChI is InChI=1S/C16H14N2O3S/c1-9-12(21-2)8-7-11(16(19)20)14(9)15-10-5-3-4-6-13(10)22-18-17-15/h3-8,18H,1-2H3,(H,19,20). The monoisotopic (exact) mass is 314 g/mol. The Balaban J connectivity index is 2.28. The summed E-state index contributed by atoms with van der Waals surface area (Å²) in [5.41, 5.74) is 3.06. The number of hydrazone groups is 1. The molecule has 1 heterocycles. The lowest BCUT2D eigenvalue weighted by molar-refractivity contribution is 0.0696. The van der Waals surface area contributed by atoms with E-state index in [1.54, 1.807) is 19.2 Å². The SMILES string of the molecule is COc1ccc(C(=O)O)c(C2=NNSc3ccccc32)c1C. The Bertz CT molecular complexity index is 787. The van der Waals surface area contributed by atoms with E-state index in [0.717, 1.165) is 16.0 Å². The molecular formula is C16H14N2O3S. The van der Waals surface area contributed by atoms with Crippen LogP contribution >= 0.6 is 11.9 Å². The molecule has 0 aliphatic carbocycles. The summed E-state index contributed by atoms with van der Waals surface area (Å²) in [6, 6.07) is 11.0. The van der Waals surface area contributed by atoms with Crippen molar-refractivity contribution in [3.63, 3.8) is 0 Å². The van der Waals surface area contributed by atoms with E-state index in [9.17, 15) is 9.90 Å². The topological polar surface area (TPSA) is 70.9 Å². The van der Waals surface area contributed by atoms with E-state index in [1.165, 1.54) is 11.9 Å². The van der Waals surface area contributed by atoms with Crippen LogP contribution in [0.4, 0.5) is 0 Å².